The Bertz CT molecular complexity index is 636. The van der Waals surface area contributed by atoms with E-state index in [1.807, 2.05) is 45.0 Å². The van der Waals surface area contributed by atoms with Crippen LogP contribution < -0.4 is 10.6 Å². The molecular weight excluding hydrogens is 330 g/mol. The minimum absolute atomic E-state index is 0.00528. The Labute approximate surface area is 155 Å². The Morgan fingerprint density at radius 3 is 2.31 bits per heavy atom. The van der Waals surface area contributed by atoms with Gasteiger partial charge in [0.1, 0.15) is 0 Å². The molecule has 0 radical (unpaired) electrons. The lowest BCUT2D eigenvalue weighted by molar-refractivity contribution is -0.142. The molecule has 1 aliphatic rings. The number of amides is 3. The molecule has 1 fully saturated rings. The number of nitrogens with zero attached hydrogens (tertiary/aromatic N) is 1. The predicted octanol–water partition coefficient (Wildman–Crippen LogP) is 2.33. The highest BCUT2D eigenvalue weighted by Crippen LogP contribution is 2.28. The van der Waals surface area contributed by atoms with Crippen LogP contribution in [0.4, 0.5) is 5.69 Å². The molecule has 0 unspecified atom stereocenters. The number of hydrogen-bond acceptors (Lipinski definition) is 3. The summed E-state index contributed by atoms with van der Waals surface area (Å²) in [7, 11) is 0. The second-order valence-electron chi connectivity index (χ2n) is 7.43. The van der Waals surface area contributed by atoms with Crippen molar-refractivity contribution >= 4 is 23.4 Å². The number of anilines is 1. The van der Waals surface area contributed by atoms with Crippen molar-refractivity contribution in [3.63, 3.8) is 0 Å². The summed E-state index contributed by atoms with van der Waals surface area (Å²) in [5, 5.41) is 5.34. The molecule has 2 rings (SSSR count). The van der Waals surface area contributed by atoms with Crippen molar-refractivity contribution in [1.29, 1.82) is 0 Å². The normalized spacial score (nSPS) is 13.8. The number of benzene rings is 1. The van der Waals surface area contributed by atoms with Gasteiger partial charge in [-0.15, -0.1) is 0 Å². The zero-order chi connectivity index (χ0) is 19.1. The third-order valence-corrected chi connectivity index (χ3v) is 4.47. The molecule has 1 aromatic carbocycles. The third kappa shape index (κ3) is 6.17. The summed E-state index contributed by atoms with van der Waals surface area (Å²) in [6.07, 6.45) is 2.90. The molecular formula is C20H29N3O3. The van der Waals surface area contributed by atoms with E-state index in [4.69, 9.17) is 0 Å². The summed E-state index contributed by atoms with van der Waals surface area (Å²) in [6.45, 7) is 6.46. The summed E-state index contributed by atoms with van der Waals surface area (Å²) in [5.74, 6) is -0.187. The van der Waals surface area contributed by atoms with Crippen molar-refractivity contribution in [2.45, 2.75) is 40.0 Å². The number of hydrogen-bond donors (Lipinski definition) is 2. The quantitative estimate of drug-likeness (QED) is 0.748. The monoisotopic (exact) mass is 359 g/mol. The lowest BCUT2D eigenvalue weighted by atomic mass is 9.84. The molecule has 3 amide bonds. The largest absolute Gasteiger partial charge is 0.345 e. The Morgan fingerprint density at radius 1 is 1.12 bits per heavy atom. The number of nitrogens with one attached hydrogen (secondary N) is 2. The maximum absolute atomic E-state index is 12.5. The molecule has 0 spiro atoms. The standard InChI is InChI=1S/C20H29N3O3/c1-14(2)12-23(20(26)16-5-4-6-16)13-19(25)21-11-18(24)22-17-9-7-15(3)8-10-17/h7-10,14,16H,4-6,11-13H2,1-3H3,(H,21,25)(H,22,24). The van der Waals surface area contributed by atoms with Gasteiger partial charge in [0.05, 0.1) is 13.1 Å². The lowest BCUT2D eigenvalue weighted by Crippen LogP contribution is -2.47. The van der Waals surface area contributed by atoms with E-state index in [2.05, 4.69) is 10.6 Å². The molecule has 142 valence electrons. The molecule has 0 bridgehead atoms. The molecule has 2 N–H and O–H groups in total. The summed E-state index contributed by atoms with van der Waals surface area (Å²) < 4.78 is 0. The smallest absolute Gasteiger partial charge is 0.243 e. The maximum atomic E-state index is 12.5. The van der Waals surface area contributed by atoms with Gasteiger partial charge in [0.15, 0.2) is 0 Å². The van der Waals surface area contributed by atoms with Gasteiger partial charge >= 0.3 is 0 Å². The Balaban J connectivity index is 1.79. The van der Waals surface area contributed by atoms with Crippen LogP contribution in [0.25, 0.3) is 0 Å². The van der Waals surface area contributed by atoms with Gasteiger partial charge in [-0.1, -0.05) is 38.0 Å². The Morgan fingerprint density at radius 2 is 1.77 bits per heavy atom. The van der Waals surface area contributed by atoms with E-state index in [1.54, 1.807) is 4.90 Å². The van der Waals surface area contributed by atoms with E-state index < -0.39 is 0 Å². The number of carbonyl (C=O) groups excluding carboxylic acids is 3. The van der Waals surface area contributed by atoms with E-state index >= 15 is 0 Å². The van der Waals surface area contributed by atoms with Gasteiger partial charge in [-0.25, -0.2) is 0 Å². The fourth-order valence-corrected chi connectivity index (χ4v) is 2.84. The van der Waals surface area contributed by atoms with Crippen molar-refractivity contribution in [3.8, 4) is 0 Å². The van der Waals surface area contributed by atoms with Crippen LogP contribution >= 0.6 is 0 Å². The molecule has 26 heavy (non-hydrogen) atoms. The van der Waals surface area contributed by atoms with Crippen LogP contribution in [0.2, 0.25) is 0 Å². The van der Waals surface area contributed by atoms with Crippen LogP contribution in [0.1, 0.15) is 38.7 Å². The average Bonchev–Trinajstić information content (AvgIpc) is 2.52. The van der Waals surface area contributed by atoms with Gasteiger partial charge < -0.3 is 15.5 Å². The van der Waals surface area contributed by atoms with Crippen molar-refractivity contribution in [2.75, 3.05) is 25.0 Å². The van der Waals surface area contributed by atoms with E-state index in [9.17, 15) is 14.4 Å². The Hall–Kier alpha value is -2.37. The Kier molecular flexibility index (Phi) is 7.18. The molecule has 0 atom stereocenters. The van der Waals surface area contributed by atoms with Gasteiger partial charge in [-0.05, 0) is 37.8 Å². The van der Waals surface area contributed by atoms with Gasteiger partial charge in [0, 0.05) is 18.2 Å². The topological polar surface area (TPSA) is 78.5 Å². The summed E-state index contributed by atoms with van der Waals surface area (Å²) in [5.41, 5.74) is 1.80. The second kappa shape index (κ2) is 9.36. The molecule has 1 aromatic rings. The van der Waals surface area contributed by atoms with E-state index in [0.29, 0.717) is 12.2 Å². The van der Waals surface area contributed by atoms with E-state index in [0.717, 1.165) is 24.8 Å². The van der Waals surface area contributed by atoms with Gasteiger partial charge in [-0.2, -0.15) is 0 Å². The first-order valence-corrected chi connectivity index (χ1v) is 9.27. The van der Waals surface area contributed by atoms with Crippen LogP contribution in [0.5, 0.6) is 0 Å². The first-order valence-electron chi connectivity index (χ1n) is 9.27. The minimum Gasteiger partial charge on any atom is -0.345 e. The van der Waals surface area contributed by atoms with Gasteiger partial charge in [0.2, 0.25) is 17.7 Å². The zero-order valence-corrected chi connectivity index (χ0v) is 15.9. The van der Waals surface area contributed by atoms with Crippen LogP contribution in [-0.2, 0) is 14.4 Å². The van der Waals surface area contributed by atoms with E-state index in [1.165, 1.54) is 0 Å². The minimum atomic E-state index is -0.308. The van der Waals surface area contributed by atoms with Crippen LogP contribution in [0, 0.1) is 18.8 Å². The first kappa shape index (κ1) is 19.9. The summed E-state index contributed by atoms with van der Waals surface area (Å²) in [6, 6.07) is 7.45. The fourth-order valence-electron chi connectivity index (χ4n) is 2.84. The molecule has 0 aromatic heterocycles. The second-order valence-corrected chi connectivity index (χ2v) is 7.43. The highest BCUT2D eigenvalue weighted by atomic mass is 16.2. The van der Waals surface area contributed by atoms with Crippen molar-refractivity contribution < 1.29 is 14.4 Å². The maximum Gasteiger partial charge on any atom is 0.243 e. The number of aryl methyl sites for hydroxylation is 1. The van der Waals surface area contributed by atoms with Gasteiger partial charge in [0.25, 0.3) is 0 Å². The van der Waals surface area contributed by atoms with Crippen molar-refractivity contribution in [3.05, 3.63) is 29.8 Å². The number of rotatable bonds is 8. The zero-order valence-electron chi connectivity index (χ0n) is 15.9. The van der Waals surface area contributed by atoms with Crippen molar-refractivity contribution in [2.24, 2.45) is 11.8 Å². The molecule has 1 aliphatic carbocycles. The molecule has 0 saturated heterocycles. The molecule has 1 saturated carbocycles. The average molecular weight is 359 g/mol. The molecule has 6 nitrogen and oxygen atoms in total. The SMILES string of the molecule is Cc1ccc(NC(=O)CNC(=O)CN(CC(C)C)C(=O)C2CCC2)cc1. The fraction of sp³-hybridized carbons (Fsp3) is 0.550. The summed E-state index contributed by atoms with van der Waals surface area (Å²) >= 11 is 0. The van der Waals surface area contributed by atoms with Crippen molar-refractivity contribution in [1.82, 2.24) is 10.2 Å². The van der Waals surface area contributed by atoms with Gasteiger partial charge in [-0.3, -0.25) is 14.4 Å². The highest BCUT2D eigenvalue weighted by molar-refractivity contribution is 5.95. The predicted molar refractivity (Wildman–Crippen MR) is 102 cm³/mol. The van der Waals surface area contributed by atoms with Crippen LogP contribution in [0.15, 0.2) is 24.3 Å². The van der Waals surface area contributed by atoms with Crippen LogP contribution in [-0.4, -0.2) is 42.3 Å². The first-order chi connectivity index (χ1) is 12.3. The van der Waals surface area contributed by atoms with Crippen LogP contribution in [0.3, 0.4) is 0 Å². The van der Waals surface area contributed by atoms with E-state index in [-0.39, 0.29) is 42.6 Å². The molecule has 0 aliphatic heterocycles. The number of carbonyl (C=O) groups is 3. The molecule has 0 heterocycles. The molecule has 6 heteroatoms. The lowest BCUT2D eigenvalue weighted by Gasteiger charge is -2.32. The highest BCUT2D eigenvalue weighted by Gasteiger charge is 2.30. The third-order valence-electron chi connectivity index (χ3n) is 4.47. The summed E-state index contributed by atoms with van der Waals surface area (Å²) in [4.78, 5) is 38.2.